The fourth-order valence-electron chi connectivity index (χ4n) is 4.11. The van der Waals surface area contributed by atoms with Crippen LogP contribution in [-0.2, 0) is 9.59 Å². The van der Waals surface area contributed by atoms with Gasteiger partial charge in [0.25, 0.3) is 11.8 Å². The Morgan fingerprint density at radius 1 is 0.814 bits per heavy atom. The van der Waals surface area contributed by atoms with Crippen LogP contribution in [0.4, 0.5) is 10.8 Å². The summed E-state index contributed by atoms with van der Waals surface area (Å²) in [5, 5.41) is 10.4. The zero-order chi connectivity index (χ0) is 30.0. The lowest BCUT2D eigenvalue weighted by Crippen LogP contribution is -2.30. The first kappa shape index (κ1) is 29.5. The summed E-state index contributed by atoms with van der Waals surface area (Å²) in [6.07, 6.45) is 3.28. The number of nitrogens with zero attached hydrogens (tertiary/aromatic N) is 1. The van der Waals surface area contributed by atoms with Crippen molar-refractivity contribution in [3.05, 3.63) is 138 Å². The summed E-state index contributed by atoms with van der Waals surface area (Å²) < 4.78 is 0. The molecular formula is C34H28N4O3S2. The van der Waals surface area contributed by atoms with Crippen molar-refractivity contribution < 1.29 is 14.4 Å². The highest BCUT2D eigenvalue weighted by Gasteiger charge is 2.18. The number of hydrogen-bond acceptors (Lipinski definition) is 6. The van der Waals surface area contributed by atoms with Crippen LogP contribution in [0.25, 0.3) is 17.2 Å². The molecule has 3 N–H and O–H groups in total. The summed E-state index contributed by atoms with van der Waals surface area (Å²) in [4.78, 5) is 44.0. The van der Waals surface area contributed by atoms with Crippen molar-refractivity contribution in [3.63, 3.8) is 0 Å². The van der Waals surface area contributed by atoms with Gasteiger partial charge < -0.3 is 16.0 Å². The normalized spacial score (nSPS) is 11.8. The van der Waals surface area contributed by atoms with Crippen LogP contribution in [0.1, 0.15) is 22.8 Å². The van der Waals surface area contributed by atoms with Crippen LogP contribution in [-0.4, -0.2) is 28.0 Å². The minimum absolute atomic E-state index is 0.0931. The molecule has 0 bridgehead atoms. The summed E-state index contributed by atoms with van der Waals surface area (Å²) >= 11 is 2.72. The molecule has 0 saturated heterocycles. The van der Waals surface area contributed by atoms with E-state index < -0.39 is 17.1 Å². The van der Waals surface area contributed by atoms with Gasteiger partial charge in [0, 0.05) is 27.7 Å². The lowest BCUT2D eigenvalue weighted by Gasteiger charge is -2.14. The van der Waals surface area contributed by atoms with Crippen LogP contribution in [0.5, 0.6) is 0 Å². The van der Waals surface area contributed by atoms with E-state index in [1.54, 1.807) is 60.1 Å². The molecule has 3 amide bonds. The maximum atomic E-state index is 13.5. The Hall–Kier alpha value is -4.99. The van der Waals surface area contributed by atoms with Crippen LogP contribution >= 0.6 is 23.1 Å². The van der Waals surface area contributed by atoms with Gasteiger partial charge in [-0.1, -0.05) is 78.9 Å². The molecule has 1 aromatic heterocycles. The first-order chi connectivity index (χ1) is 20.9. The number of thiazole rings is 1. The molecule has 0 saturated carbocycles. The fraction of sp³-hybridized carbons (Fsp3) is 0.0588. The first-order valence-corrected chi connectivity index (χ1v) is 15.2. The zero-order valence-electron chi connectivity index (χ0n) is 23.2. The highest BCUT2D eigenvalue weighted by atomic mass is 32.2. The van der Waals surface area contributed by atoms with E-state index in [0.717, 1.165) is 21.6 Å². The summed E-state index contributed by atoms with van der Waals surface area (Å²) in [5.41, 5.74) is 3.94. The third-order valence-electron chi connectivity index (χ3n) is 6.29. The predicted molar refractivity (Wildman–Crippen MR) is 175 cm³/mol. The van der Waals surface area contributed by atoms with Crippen LogP contribution in [0.15, 0.2) is 131 Å². The lowest BCUT2D eigenvalue weighted by atomic mass is 10.0. The number of hydrogen-bond donors (Lipinski definition) is 3. The molecule has 4 aromatic carbocycles. The molecule has 0 fully saturated rings. The van der Waals surface area contributed by atoms with E-state index in [0.29, 0.717) is 16.4 Å². The van der Waals surface area contributed by atoms with E-state index in [2.05, 4.69) is 20.9 Å². The second kappa shape index (κ2) is 14.3. The quantitative estimate of drug-likeness (QED) is 0.114. The minimum atomic E-state index is -0.479. The summed E-state index contributed by atoms with van der Waals surface area (Å²) in [6.45, 7) is 1.81. The van der Waals surface area contributed by atoms with Crippen LogP contribution in [0, 0.1) is 0 Å². The third kappa shape index (κ3) is 8.28. The Labute approximate surface area is 258 Å². The Morgan fingerprint density at radius 2 is 1.51 bits per heavy atom. The lowest BCUT2D eigenvalue weighted by molar-refractivity contribution is -0.115. The number of amides is 3. The number of benzene rings is 4. The summed E-state index contributed by atoms with van der Waals surface area (Å²) in [7, 11) is 0. The van der Waals surface area contributed by atoms with Gasteiger partial charge in [-0.15, -0.1) is 23.1 Å². The molecule has 0 aliphatic rings. The van der Waals surface area contributed by atoms with Gasteiger partial charge in [-0.2, -0.15) is 0 Å². The van der Waals surface area contributed by atoms with Gasteiger partial charge in [-0.3, -0.25) is 14.4 Å². The van der Waals surface area contributed by atoms with Gasteiger partial charge in [0.05, 0.1) is 5.25 Å². The Kier molecular flexibility index (Phi) is 9.78. The maximum Gasteiger partial charge on any atom is 0.272 e. The second-order valence-electron chi connectivity index (χ2n) is 9.43. The monoisotopic (exact) mass is 604 g/mol. The van der Waals surface area contributed by atoms with Crippen molar-refractivity contribution in [1.29, 1.82) is 0 Å². The van der Waals surface area contributed by atoms with Crippen LogP contribution in [0.3, 0.4) is 0 Å². The molecule has 5 aromatic rings. The molecule has 43 heavy (non-hydrogen) atoms. The molecular weight excluding hydrogens is 577 g/mol. The van der Waals surface area contributed by atoms with Crippen molar-refractivity contribution in [2.45, 2.75) is 17.1 Å². The zero-order valence-corrected chi connectivity index (χ0v) is 24.8. The van der Waals surface area contributed by atoms with E-state index in [-0.39, 0.29) is 11.6 Å². The van der Waals surface area contributed by atoms with E-state index in [1.165, 1.54) is 23.1 Å². The number of rotatable bonds is 10. The highest BCUT2D eigenvalue weighted by Crippen LogP contribution is 2.27. The van der Waals surface area contributed by atoms with Gasteiger partial charge in [0.15, 0.2) is 5.13 Å². The molecule has 7 nitrogen and oxygen atoms in total. The van der Waals surface area contributed by atoms with Gasteiger partial charge in [0.2, 0.25) is 5.91 Å². The van der Waals surface area contributed by atoms with Gasteiger partial charge >= 0.3 is 0 Å². The topological polar surface area (TPSA) is 100 Å². The second-order valence-corrected chi connectivity index (χ2v) is 11.7. The molecule has 0 radical (unpaired) electrons. The molecule has 1 unspecified atom stereocenters. The molecule has 0 aliphatic carbocycles. The molecule has 5 rings (SSSR count). The minimum Gasteiger partial charge on any atom is -0.321 e. The number of carbonyl (C=O) groups is 3. The molecule has 1 atom stereocenters. The number of anilines is 2. The molecule has 0 spiro atoms. The summed E-state index contributed by atoms with van der Waals surface area (Å²) in [6, 6.07) is 33.7. The Balaban J connectivity index is 1.33. The van der Waals surface area contributed by atoms with Crippen molar-refractivity contribution in [2.75, 3.05) is 10.6 Å². The van der Waals surface area contributed by atoms with E-state index in [9.17, 15) is 14.4 Å². The van der Waals surface area contributed by atoms with Crippen molar-refractivity contribution in [2.24, 2.45) is 0 Å². The smallest absolute Gasteiger partial charge is 0.272 e. The van der Waals surface area contributed by atoms with Crippen molar-refractivity contribution in [3.8, 4) is 11.1 Å². The number of nitrogens with one attached hydrogen (secondary N) is 3. The molecule has 0 aliphatic heterocycles. The summed E-state index contributed by atoms with van der Waals surface area (Å²) in [5.74, 6) is -1.04. The standard InChI is InChI=1S/C34H28N4O3S2/c1-23(31(39)38-34-35-19-20-42-34)43-29-14-8-13-28(22-29)36-33(41)30(37-32(40)27-11-6-3-7-12-27)21-24-15-17-26(18-16-24)25-9-4-2-5-10-25/h2-23H,1H3,(H,36,41)(H,37,40)(H,35,38,39)/b30-21+. The largest absolute Gasteiger partial charge is 0.321 e. The number of aromatic nitrogens is 1. The third-order valence-corrected chi connectivity index (χ3v) is 8.08. The van der Waals surface area contributed by atoms with Crippen LogP contribution in [0.2, 0.25) is 0 Å². The first-order valence-electron chi connectivity index (χ1n) is 13.5. The van der Waals surface area contributed by atoms with Gasteiger partial charge in [0.1, 0.15) is 5.70 Å². The predicted octanol–water partition coefficient (Wildman–Crippen LogP) is 7.34. The van der Waals surface area contributed by atoms with Gasteiger partial charge in [-0.25, -0.2) is 4.98 Å². The van der Waals surface area contributed by atoms with Crippen molar-refractivity contribution >= 4 is 57.7 Å². The fourth-order valence-corrected chi connectivity index (χ4v) is 5.57. The SMILES string of the molecule is CC(Sc1cccc(NC(=O)/C(=C\c2ccc(-c3ccccc3)cc2)NC(=O)c2ccccc2)c1)C(=O)Nc1nccs1. The average molecular weight is 605 g/mol. The Bertz CT molecular complexity index is 1720. The molecule has 1 heterocycles. The van der Waals surface area contributed by atoms with Crippen molar-refractivity contribution in [1.82, 2.24) is 10.3 Å². The molecule has 214 valence electrons. The maximum absolute atomic E-state index is 13.5. The number of carbonyl (C=O) groups excluding carboxylic acids is 3. The van der Waals surface area contributed by atoms with E-state index in [1.807, 2.05) is 73.7 Å². The average Bonchev–Trinajstić information content (AvgIpc) is 3.55. The van der Waals surface area contributed by atoms with E-state index >= 15 is 0 Å². The highest BCUT2D eigenvalue weighted by molar-refractivity contribution is 8.00. The van der Waals surface area contributed by atoms with Gasteiger partial charge in [-0.05, 0) is 60.0 Å². The molecule has 9 heteroatoms. The Morgan fingerprint density at radius 3 is 2.21 bits per heavy atom. The number of thioether (sulfide) groups is 1. The van der Waals surface area contributed by atoms with Crippen LogP contribution < -0.4 is 16.0 Å². The van der Waals surface area contributed by atoms with E-state index in [4.69, 9.17) is 0 Å².